The van der Waals surface area contributed by atoms with Crippen molar-refractivity contribution >= 4 is 17.3 Å². The topological polar surface area (TPSA) is 45.5 Å². The largest absolute Gasteiger partial charge is 0.372 e. The lowest BCUT2D eigenvalue weighted by molar-refractivity contribution is 0.323. The molecule has 1 aliphatic heterocycles. The Balaban J connectivity index is 2.01. The van der Waals surface area contributed by atoms with Crippen LogP contribution in [-0.2, 0) is 0 Å². The number of rotatable bonds is 2. The second-order valence-corrected chi connectivity index (χ2v) is 5.55. The second kappa shape index (κ2) is 4.72. The van der Waals surface area contributed by atoms with Gasteiger partial charge in [0.1, 0.15) is 5.82 Å². The van der Waals surface area contributed by atoms with Gasteiger partial charge in [-0.1, -0.05) is 13.8 Å². The van der Waals surface area contributed by atoms with Crippen LogP contribution in [0.1, 0.15) is 20.3 Å². The number of hydrogen-bond donors (Lipinski definition) is 1. The highest BCUT2D eigenvalue weighted by molar-refractivity contribution is 5.67. The molecule has 0 spiro atoms. The zero-order valence-electron chi connectivity index (χ0n) is 11.8. The smallest absolute Gasteiger partial charge is 0.180 e. The van der Waals surface area contributed by atoms with E-state index in [2.05, 4.69) is 29.0 Å². The predicted molar refractivity (Wildman–Crippen MR) is 77.7 cm³/mol. The van der Waals surface area contributed by atoms with Gasteiger partial charge in [0.05, 0.1) is 6.20 Å². The maximum atomic E-state index is 4.71. The fourth-order valence-electron chi connectivity index (χ4n) is 2.70. The van der Waals surface area contributed by atoms with Crippen molar-refractivity contribution in [3.63, 3.8) is 0 Å². The van der Waals surface area contributed by atoms with Gasteiger partial charge in [0, 0.05) is 32.5 Å². The number of hydrogen-bond acceptors (Lipinski definition) is 4. The Morgan fingerprint density at radius 3 is 2.89 bits per heavy atom. The standard InChI is InChI=1S/C14H21N5/c1-10-4-6-18(8-11(10)2)14-13-16-5-7-19(13)9-12(15-3)17-14/h5,7,9-11,15H,4,6,8H2,1-3H3. The van der Waals surface area contributed by atoms with Gasteiger partial charge in [0.15, 0.2) is 11.5 Å². The van der Waals surface area contributed by atoms with E-state index in [9.17, 15) is 0 Å². The van der Waals surface area contributed by atoms with Gasteiger partial charge in [-0.15, -0.1) is 0 Å². The number of imidazole rings is 1. The maximum Gasteiger partial charge on any atom is 0.180 e. The van der Waals surface area contributed by atoms with Gasteiger partial charge in [-0.05, 0) is 18.3 Å². The molecule has 1 saturated heterocycles. The molecule has 0 aromatic carbocycles. The lowest BCUT2D eigenvalue weighted by atomic mass is 9.89. The van der Waals surface area contributed by atoms with Gasteiger partial charge in [-0.3, -0.25) is 0 Å². The van der Waals surface area contributed by atoms with Crippen molar-refractivity contribution in [1.29, 1.82) is 0 Å². The van der Waals surface area contributed by atoms with E-state index < -0.39 is 0 Å². The van der Waals surface area contributed by atoms with E-state index in [4.69, 9.17) is 4.98 Å². The van der Waals surface area contributed by atoms with Gasteiger partial charge in [-0.2, -0.15) is 0 Å². The number of fused-ring (bicyclic) bond motifs is 1. The van der Waals surface area contributed by atoms with Crippen molar-refractivity contribution in [3.05, 3.63) is 18.6 Å². The molecule has 0 aliphatic carbocycles. The minimum absolute atomic E-state index is 0.698. The van der Waals surface area contributed by atoms with Crippen LogP contribution in [0.3, 0.4) is 0 Å². The number of nitrogens with one attached hydrogen (secondary N) is 1. The predicted octanol–water partition coefficient (Wildman–Crippen LogP) is 2.25. The Bertz CT molecular complexity index is 576. The van der Waals surface area contributed by atoms with Crippen LogP contribution in [0.4, 0.5) is 11.6 Å². The van der Waals surface area contributed by atoms with E-state index >= 15 is 0 Å². The summed E-state index contributed by atoms with van der Waals surface area (Å²) in [6, 6.07) is 0. The van der Waals surface area contributed by atoms with E-state index in [-0.39, 0.29) is 0 Å². The van der Waals surface area contributed by atoms with Crippen molar-refractivity contribution in [3.8, 4) is 0 Å². The van der Waals surface area contributed by atoms with Gasteiger partial charge < -0.3 is 14.6 Å². The Morgan fingerprint density at radius 2 is 2.16 bits per heavy atom. The Kier molecular flexibility index (Phi) is 3.05. The minimum atomic E-state index is 0.698. The monoisotopic (exact) mass is 259 g/mol. The molecule has 2 unspecified atom stereocenters. The van der Waals surface area contributed by atoms with Crippen LogP contribution in [-0.4, -0.2) is 34.5 Å². The number of aromatic nitrogens is 3. The molecule has 0 amide bonds. The molecular weight excluding hydrogens is 238 g/mol. The molecular formula is C14H21N5. The first-order chi connectivity index (χ1) is 9.19. The van der Waals surface area contributed by atoms with E-state index in [1.165, 1.54) is 6.42 Å². The normalized spacial score (nSPS) is 23.8. The van der Waals surface area contributed by atoms with E-state index in [1.54, 1.807) is 0 Å². The summed E-state index contributed by atoms with van der Waals surface area (Å²) in [5.41, 5.74) is 0.945. The van der Waals surface area contributed by atoms with Crippen LogP contribution in [0.15, 0.2) is 18.6 Å². The molecule has 1 fully saturated rings. The average molecular weight is 259 g/mol. The lowest BCUT2D eigenvalue weighted by Gasteiger charge is -2.36. The minimum Gasteiger partial charge on any atom is -0.372 e. The average Bonchev–Trinajstić information content (AvgIpc) is 2.89. The third-order valence-electron chi connectivity index (χ3n) is 4.25. The van der Waals surface area contributed by atoms with Crippen molar-refractivity contribution in [2.75, 3.05) is 30.4 Å². The fourth-order valence-corrected chi connectivity index (χ4v) is 2.70. The zero-order chi connectivity index (χ0) is 13.4. The molecule has 3 heterocycles. The van der Waals surface area contributed by atoms with Crippen LogP contribution < -0.4 is 10.2 Å². The summed E-state index contributed by atoms with van der Waals surface area (Å²) in [6.07, 6.45) is 6.99. The second-order valence-electron chi connectivity index (χ2n) is 5.55. The molecule has 5 heteroatoms. The number of nitrogens with zero attached hydrogens (tertiary/aromatic N) is 4. The van der Waals surface area contributed by atoms with Crippen molar-refractivity contribution < 1.29 is 0 Å². The molecule has 0 bridgehead atoms. The maximum absolute atomic E-state index is 4.71. The summed E-state index contributed by atoms with van der Waals surface area (Å²) in [7, 11) is 1.90. The molecule has 1 aliphatic rings. The fraction of sp³-hybridized carbons (Fsp3) is 0.571. The summed E-state index contributed by atoms with van der Waals surface area (Å²) in [5.74, 6) is 3.37. The summed E-state index contributed by atoms with van der Waals surface area (Å²) in [5, 5.41) is 3.12. The first-order valence-corrected chi connectivity index (χ1v) is 6.95. The van der Waals surface area contributed by atoms with Crippen LogP contribution in [0.5, 0.6) is 0 Å². The van der Waals surface area contributed by atoms with E-state index in [1.807, 2.05) is 30.0 Å². The SMILES string of the molecule is CNc1cn2ccnc2c(N2CCC(C)C(C)C2)n1. The molecule has 1 N–H and O–H groups in total. The Labute approximate surface area is 113 Å². The molecule has 2 aromatic heterocycles. The number of anilines is 2. The third kappa shape index (κ3) is 2.13. The van der Waals surface area contributed by atoms with Crippen LogP contribution in [0.25, 0.3) is 5.65 Å². The molecule has 102 valence electrons. The number of piperidine rings is 1. The summed E-state index contributed by atoms with van der Waals surface area (Å²) in [6.45, 7) is 6.78. The highest BCUT2D eigenvalue weighted by Gasteiger charge is 2.25. The molecule has 5 nitrogen and oxygen atoms in total. The first-order valence-electron chi connectivity index (χ1n) is 6.95. The quantitative estimate of drug-likeness (QED) is 0.898. The van der Waals surface area contributed by atoms with Gasteiger partial charge in [0.2, 0.25) is 0 Å². The highest BCUT2D eigenvalue weighted by Crippen LogP contribution is 2.28. The van der Waals surface area contributed by atoms with Crippen LogP contribution >= 0.6 is 0 Å². The lowest BCUT2D eigenvalue weighted by Crippen LogP contribution is -2.39. The van der Waals surface area contributed by atoms with E-state index in [0.29, 0.717) is 5.92 Å². The molecule has 0 saturated carbocycles. The highest BCUT2D eigenvalue weighted by atomic mass is 15.2. The van der Waals surface area contributed by atoms with Gasteiger partial charge in [-0.25, -0.2) is 9.97 Å². The molecule has 2 atom stereocenters. The summed E-state index contributed by atoms with van der Waals surface area (Å²) in [4.78, 5) is 11.5. The molecule has 0 radical (unpaired) electrons. The molecule has 2 aromatic rings. The Hall–Kier alpha value is -1.78. The van der Waals surface area contributed by atoms with Gasteiger partial charge in [0.25, 0.3) is 0 Å². The van der Waals surface area contributed by atoms with Gasteiger partial charge >= 0.3 is 0 Å². The van der Waals surface area contributed by atoms with Crippen LogP contribution in [0.2, 0.25) is 0 Å². The molecule has 3 rings (SSSR count). The van der Waals surface area contributed by atoms with Crippen molar-refractivity contribution in [1.82, 2.24) is 14.4 Å². The van der Waals surface area contributed by atoms with E-state index in [0.717, 1.165) is 36.3 Å². The van der Waals surface area contributed by atoms with Crippen LogP contribution in [0, 0.1) is 11.8 Å². The summed E-state index contributed by atoms with van der Waals surface area (Å²) < 4.78 is 2.04. The van der Waals surface area contributed by atoms with Crippen molar-refractivity contribution in [2.45, 2.75) is 20.3 Å². The summed E-state index contributed by atoms with van der Waals surface area (Å²) >= 11 is 0. The molecule has 19 heavy (non-hydrogen) atoms. The third-order valence-corrected chi connectivity index (χ3v) is 4.25. The first kappa shape index (κ1) is 12.3. The Morgan fingerprint density at radius 1 is 1.32 bits per heavy atom. The van der Waals surface area contributed by atoms with Crippen molar-refractivity contribution in [2.24, 2.45) is 11.8 Å². The zero-order valence-corrected chi connectivity index (χ0v) is 11.8.